The molecule has 2 aromatic carbocycles. The number of hydrogen-bond acceptors (Lipinski definition) is 7. The molecule has 2 aliphatic rings. The van der Waals surface area contributed by atoms with Crippen molar-refractivity contribution in [2.75, 3.05) is 26.7 Å². The number of carbonyl (C=O) groups is 4. The topological polar surface area (TPSA) is 93.2 Å². The van der Waals surface area contributed by atoms with Crippen LogP contribution in [0.5, 0.6) is 11.5 Å². The standard InChI is InChI=1S/C25H23BrN2O6S/c1-33-19-13-16(12-18(26)22(19)34-24(31)17-8-4-2-5-9-17)14-20-23(30)28(25(32)35-20)15-21(29)27-10-6-3-7-11-27/h2,4-5,8-9,12-14H,3,6-7,10-11,15H2,1H3/b20-14-. The van der Waals surface area contributed by atoms with Crippen LogP contribution in [0.3, 0.4) is 0 Å². The van der Waals surface area contributed by atoms with Gasteiger partial charge in [-0.25, -0.2) is 4.79 Å². The number of halogens is 1. The van der Waals surface area contributed by atoms with Crippen molar-refractivity contribution in [3.8, 4) is 11.5 Å². The van der Waals surface area contributed by atoms with E-state index in [0.717, 1.165) is 35.9 Å². The summed E-state index contributed by atoms with van der Waals surface area (Å²) in [6, 6.07) is 11.8. The molecule has 0 saturated carbocycles. The molecule has 2 aliphatic heterocycles. The van der Waals surface area contributed by atoms with Crippen molar-refractivity contribution in [3.05, 3.63) is 63.0 Å². The minimum atomic E-state index is -0.545. The van der Waals surface area contributed by atoms with E-state index in [2.05, 4.69) is 15.9 Å². The second-order valence-electron chi connectivity index (χ2n) is 8.00. The Morgan fingerprint density at radius 1 is 1.09 bits per heavy atom. The second-order valence-corrected chi connectivity index (χ2v) is 9.85. The van der Waals surface area contributed by atoms with E-state index < -0.39 is 17.1 Å². The number of methoxy groups -OCH3 is 1. The average Bonchev–Trinajstić information content (AvgIpc) is 3.13. The summed E-state index contributed by atoms with van der Waals surface area (Å²) in [5.41, 5.74) is 0.944. The van der Waals surface area contributed by atoms with Crippen LogP contribution in [0.4, 0.5) is 4.79 Å². The number of benzene rings is 2. The number of hydrogen-bond donors (Lipinski definition) is 0. The molecule has 4 rings (SSSR count). The van der Waals surface area contributed by atoms with Gasteiger partial charge in [-0.15, -0.1) is 0 Å². The number of carbonyl (C=O) groups excluding carboxylic acids is 4. The molecule has 2 heterocycles. The molecule has 10 heteroatoms. The molecular formula is C25H23BrN2O6S. The van der Waals surface area contributed by atoms with Gasteiger partial charge in [0.15, 0.2) is 11.5 Å². The Morgan fingerprint density at radius 2 is 1.80 bits per heavy atom. The number of thioether (sulfide) groups is 1. The number of esters is 1. The molecule has 0 aromatic heterocycles. The molecule has 182 valence electrons. The van der Waals surface area contributed by atoms with Crippen LogP contribution < -0.4 is 9.47 Å². The quantitative estimate of drug-likeness (QED) is 0.287. The zero-order valence-electron chi connectivity index (χ0n) is 19.0. The fourth-order valence-electron chi connectivity index (χ4n) is 3.81. The fourth-order valence-corrected chi connectivity index (χ4v) is 5.19. The summed E-state index contributed by atoms with van der Waals surface area (Å²) in [6.45, 7) is 1.04. The largest absolute Gasteiger partial charge is 0.493 e. The van der Waals surface area contributed by atoms with Crippen LogP contribution in [-0.2, 0) is 9.59 Å². The zero-order chi connectivity index (χ0) is 24.9. The van der Waals surface area contributed by atoms with Crippen LogP contribution in [0.2, 0.25) is 0 Å². The van der Waals surface area contributed by atoms with E-state index in [1.165, 1.54) is 7.11 Å². The average molecular weight is 559 g/mol. The molecule has 8 nitrogen and oxygen atoms in total. The minimum Gasteiger partial charge on any atom is -0.493 e. The SMILES string of the molecule is COc1cc(/C=C2\SC(=O)N(CC(=O)N3CCCCC3)C2=O)cc(Br)c1OC(=O)c1ccccc1. The van der Waals surface area contributed by atoms with E-state index in [0.29, 0.717) is 28.7 Å². The lowest BCUT2D eigenvalue weighted by molar-refractivity contribution is -0.136. The summed E-state index contributed by atoms with van der Waals surface area (Å²) in [5.74, 6) is -0.813. The molecule has 2 aromatic rings. The lowest BCUT2D eigenvalue weighted by Crippen LogP contribution is -2.44. The molecule has 0 N–H and O–H groups in total. The van der Waals surface area contributed by atoms with Crippen LogP contribution in [-0.4, -0.2) is 59.6 Å². The Morgan fingerprint density at radius 3 is 2.49 bits per heavy atom. The van der Waals surface area contributed by atoms with E-state index >= 15 is 0 Å². The van der Waals surface area contributed by atoms with Gasteiger partial charge < -0.3 is 14.4 Å². The predicted octanol–water partition coefficient (Wildman–Crippen LogP) is 4.73. The molecule has 0 radical (unpaired) electrons. The summed E-state index contributed by atoms with van der Waals surface area (Å²) in [5, 5.41) is -0.481. The van der Waals surface area contributed by atoms with E-state index in [1.54, 1.807) is 53.4 Å². The number of rotatable bonds is 6. The highest BCUT2D eigenvalue weighted by atomic mass is 79.9. The van der Waals surface area contributed by atoms with E-state index in [-0.39, 0.29) is 28.9 Å². The van der Waals surface area contributed by atoms with Crippen molar-refractivity contribution in [1.82, 2.24) is 9.80 Å². The second kappa shape index (κ2) is 11.1. The van der Waals surface area contributed by atoms with Crippen molar-refractivity contribution in [2.24, 2.45) is 0 Å². The number of ether oxygens (including phenoxy) is 2. The van der Waals surface area contributed by atoms with E-state index in [9.17, 15) is 19.2 Å². The Labute approximate surface area is 215 Å². The Hall–Kier alpha value is -3.11. The molecule has 0 aliphatic carbocycles. The first-order valence-corrected chi connectivity index (χ1v) is 12.7. The summed E-state index contributed by atoms with van der Waals surface area (Å²) < 4.78 is 11.4. The highest BCUT2D eigenvalue weighted by molar-refractivity contribution is 9.10. The first-order valence-electron chi connectivity index (χ1n) is 11.1. The van der Waals surface area contributed by atoms with Crippen LogP contribution in [0.15, 0.2) is 51.8 Å². The summed E-state index contributed by atoms with van der Waals surface area (Å²) in [4.78, 5) is 53.3. The van der Waals surface area contributed by atoms with Crippen LogP contribution in [0.25, 0.3) is 6.08 Å². The maximum atomic E-state index is 12.9. The first-order chi connectivity index (χ1) is 16.9. The number of amides is 3. The van der Waals surface area contributed by atoms with Crippen molar-refractivity contribution < 1.29 is 28.7 Å². The van der Waals surface area contributed by atoms with Crippen molar-refractivity contribution >= 4 is 56.8 Å². The lowest BCUT2D eigenvalue weighted by atomic mass is 10.1. The first kappa shape index (κ1) is 25.0. The third-order valence-corrected chi connectivity index (χ3v) is 7.13. The van der Waals surface area contributed by atoms with Crippen molar-refractivity contribution in [1.29, 1.82) is 0 Å². The van der Waals surface area contributed by atoms with Crippen LogP contribution >= 0.6 is 27.7 Å². The van der Waals surface area contributed by atoms with Crippen LogP contribution in [0, 0.1) is 0 Å². The minimum absolute atomic E-state index is 0.193. The maximum absolute atomic E-state index is 12.9. The molecule has 35 heavy (non-hydrogen) atoms. The van der Waals surface area contributed by atoms with Gasteiger partial charge in [0.2, 0.25) is 5.91 Å². The Bertz CT molecular complexity index is 1190. The van der Waals surface area contributed by atoms with Crippen LogP contribution in [0.1, 0.15) is 35.2 Å². The predicted molar refractivity (Wildman–Crippen MR) is 135 cm³/mol. The molecule has 0 atom stereocenters. The van der Waals surface area contributed by atoms with Gasteiger partial charge in [-0.05, 0) is 82.9 Å². The van der Waals surface area contributed by atoms with Crippen molar-refractivity contribution in [3.63, 3.8) is 0 Å². The van der Waals surface area contributed by atoms with Gasteiger partial charge in [0.1, 0.15) is 6.54 Å². The lowest BCUT2D eigenvalue weighted by Gasteiger charge is -2.27. The normalized spacial score (nSPS) is 17.1. The Kier molecular flexibility index (Phi) is 7.92. The monoisotopic (exact) mass is 558 g/mol. The third-order valence-electron chi connectivity index (χ3n) is 5.63. The smallest absolute Gasteiger partial charge is 0.343 e. The summed E-state index contributed by atoms with van der Waals surface area (Å²) in [6.07, 6.45) is 4.49. The van der Waals surface area contributed by atoms with Gasteiger partial charge >= 0.3 is 5.97 Å². The van der Waals surface area contributed by atoms with E-state index in [4.69, 9.17) is 9.47 Å². The third kappa shape index (κ3) is 5.76. The Balaban J connectivity index is 1.51. The van der Waals surface area contributed by atoms with Gasteiger partial charge in [0, 0.05) is 13.1 Å². The van der Waals surface area contributed by atoms with Crippen molar-refractivity contribution in [2.45, 2.75) is 19.3 Å². The van der Waals surface area contributed by atoms with Gasteiger partial charge in [-0.3, -0.25) is 19.3 Å². The van der Waals surface area contributed by atoms with Gasteiger partial charge in [0.25, 0.3) is 11.1 Å². The summed E-state index contributed by atoms with van der Waals surface area (Å²) in [7, 11) is 1.44. The zero-order valence-corrected chi connectivity index (χ0v) is 21.4. The molecule has 0 spiro atoms. The molecular weight excluding hydrogens is 536 g/mol. The molecule has 3 amide bonds. The number of nitrogens with zero attached hydrogens (tertiary/aromatic N) is 2. The number of piperidine rings is 1. The van der Waals surface area contributed by atoms with Gasteiger partial charge in [-0.2, -0.15) is 0 Å². The molecule has 2 saturated heterocycles. The van der Waals surface area contributed by atoms with E-state index in [1.807, 2.05) is 0 Å². The van der Waals surface area contributed by atoms with Gasteiger partial charge in [0.05, 0.1) is 22.1 Å². The summed E-state index contributed by atoms with van der Waals surface area (Å²) >= 11 is 4.18. The van der Waals surface area contributed by atoms with Gasteiger partial charge in [-0.1, -0.05) is 18.2 Å². The highest BCUT2D eigenvalue weighted by Crippen LogP contribution is 2.39. The molecule has 0 bridgehead atoms. The number of likely N-dealkylation sites (tertiary alicyclic amines) is 1. The maximum Gasteiger partial charge on any atom is 0.343 e. The molecule has 0 unspecified atom stereocenters. The highest BCUT2D eigenvalue weighted by Gasteiger charge is 2.37. The fraction of sp³-hybridized carbons (Fsp3) is 0.280. The number of imide groups is 1. The molecule has 2 fully saturated rings.